The number of rotatable bonds is 4. The van der Waals surface area contributed by atoms with Crippen LogP contribution in [0, 0.1) is 18.6 Å². The predicted molar refractivity (Wildman–Crippen MR) is 102 cm³/mol. The molecule has 0 aliphatic carbocycles. The molecule has 0 spiro atoms. The molecule has 3 rings (SSSR count). The van der Waals surface area contributed by atoms with Crippen molar-refractivity contribution in [3.63, 3.8) is 0 Å². The Labute approximate surface area is 157 Å². The van der Waals surface area contributed by atoms with E-state index in [1.165, 1.54) is 15.4 Å². The molecule has 1 heterocycles. The Hall–Kier alpha value is -1.44. The molecule has 1 atom stereocenters. The lowest BCUT2D eigenvalue weighted by Crippen LogP contribution is -2.34. The van der Waals surface area contributed by atoms with Crippen LogP contribution in [-0.2, 0) is 15.8 Å². The largest absolute Gasteiger partial charge is 0.218 e. The third-order valence-corrected chi connectivity index (χ3v) is 7.71. The Morgan fingerprint density at radius 2 is 1.92 bits per heavy atom. The van der Waals surface area contributed by atoms with Gasteiger partial charge >= 0.3 is 0 Å². The molecule has 0 radical (unpaired) electrons. The van der Waals surface area contributed by atoms with Crippen LogP contribution in [0.1, 0.15) is 28.4 Å². The second-order valence-electron chi connectivity index (χ2n) is 6.40. The molecule has 0 amide bonds. The minimum atomic E-state index is -3.70. The highest BCUT2D eigenvalue weighted by atomic mass is 32.2. The van der Waals surface area contributed by atoms with E-state index in [0.717, 1.165) is 18.2 Å². The van der Waals surface area contributed by atoms with Crippen LogP contribution in [0.2, 0.25) is 0 Å². The lowest BCUT2D eigenvalue weighted by molar-refractivity contribution is 0.426. The molecule has 1 aliphatic rings. The monoisotopic (exact) mass is 397 g/mol. The van der Waals surface area contributed by atoms with E-state index < -0.39 is 27.4 Å². The smallest absolute Gasteiger partial charge is 0.212 e. The van der Waals surface area contributed by atoms with Gasteiger partial charge in [-0.05, 0) is 42.7 Å². The van der Waals surface area contributed by atoms with Crippen molar-refractivity contribution in [3.05, 3.63) is 70.8 Å². The zero-order valence-electron chi connectivity index (χ0n) is 14.5. The molecule has 1 fully saturated rings. The molecule has 140 valence electrons. The summed E-state index contributed by atoms with van der Waals surface area (Å²) in [4.78, 5) is 0. The third kappa shape index (κ3) is 4.45. The number of thioether (sulfide) groups is 1. The second-order valence-corrected chi connectivity index (χ2v) is 9.68. The summed E-state index contributed by atoms with van der Waals surface area (Å²) < 4.78 is 54.0. The summed E-state index contributed by atoms with van der Waals surface area (Å²) >= 11 is 1.74. The molecule has 26 heavy (non-hydrogen) atoms. The predicted octanol–water partition coefficient (Wildman–Crippen LogP) is 4.28. The highest BCUT2D eigenvalue weighted by molar-refractivity contribution is 7.99. The van der Waals surface area contributed by atoms with Crippen LogP contribution in [-0.4, -0.2) is 31.6 Å². The van der Waals surface area contributed by atoms with Crippen molar-refractivity contribution in [2.24, 2.45) is 0 Å². The van der Waals surface area contributed by atoms with Crippen molar-refractivity contribution in [3.8, 4) is 0 Å². The summed E-state index contributed by atoms with van der Waals surface area (Å²) in [6, 6.07) is 11.0. The van der Waals surface area contributed by atoms with Crippen molar-refractivity contribution >= 4 is 21.8 Å². The minimum absolute atomic E-state index is 0.127. The fourth-order valence-electron chi connectivity index (χ4n) is 3.17. The molecule has 2 aromatic rings. The van der Waals surface area contributed by atoms with Gasteiger partial charge in [0.05, 0.1) is 5.75 Å². The number of hydrogen-bond acceptors (Lipinski definition) is 3. The van der Waals surface area contributed by atoms with Gasteiger partial charge in [-0.3, -0.25) is 0 Å². The van der Waals surface area contributed by atoms with E-state index in [4.69, 9.17) is 0 Å². The Balaban J connectivity index is 1.73. The Bertz CT molecular complexity index is 887. The van der Waals surface area contributed by atoms with Crippen molar-refractivity contribution in [2.45, 2.75) is 24.3 Å². The summed E-state index contributed by atoms with van der Waals surface area (Å²) in [5, 5.41) is 0.238. The summed E-state index contributed by atoms with van der Waals surface area (Å²) in [6.07, 6.45) is 0.695. The van der Waals surface area contributed by atoms with Gasteiger partial charge in [0.15, 0.2) is 0 Å². The molecule has 1 unspecified atom stereocenters. The first-order chi connectivity index (χ1) is 12.4. The second kappa shape index (κ2) is 8.06. The topological polar surface area (TPSA) is 37.4 Å². The van der Waals surface area contributed by atoms with Crippen molar-refractivity contribution in [1.29, 1.82) is 0 Å². The van der Waals surface area contributed by atoms with Crippen LogP contribution in [0.15, 0.2) is 42.5 Å². The highest BCUT2D eigenvalue weighted by Gasteiger charge is 2.28. The molecule has 7 heteroatoms. The number of halogens is 2. The van der Waals surface area contributed by atoms with E-state index in [1.54, 1.807) is 11.8 Å². The van der Waals surface area contributed by atoms with Crippen LogP contribution in [0.5, 0.6) is 0 Å². The van der Waals surface area contributed by atoms with E-state index >= 15 is 0 Å². The Morgan fingerprint density at radius 1 is 1.15 bits per heavy atom. The number of aryl methyl sites for hydroxylation is 1. The maximum atomic E-state index is 13.8. The van der Waals surface area contributed by atoms with Gasteiger partial charge in [-0.2, -0.15) is 11.8 Å². The molecule has 1 saturated heterocycles. The molecule has 2 aromatic carbocycles. The van der Waals surface area contributed by atoms with Crippen LogP contribution >= 0.6 is 11.8 Å². The van der Waals surface area contributed by atoms with Crippen LogP contribution in [0.4, 0.5) is 8.78 Å². The molecule has 0 N–H and O–H groups in total. The van der Waals surface area contributed by atoms with Crippen LogP contribution in [0.25, 0.3) is 0 Å². The summed E-state index contributed by atoms with van der Waals surface area (Å²) in [6.45, 7) is 2.82. The molecular formula is C19H21F2NO2S2. The van der Waals surface area contributed by atoms with Crippen molar-refractivity contribution < 1.29 is 17.2 Å². The van der Waals surface area contributed by atoms with Gasteiger partial charge in [0.2, 0.25) is 10.0 Å². The summed E-state index contributed by atoms with van der Waals surface area (Å²) in [5.74, 6) is -1.18. The van der Waals surface area contributed by atoms with E-state index in [9.17, 15) is 17.2 Å². The first-order valence-corrected chi connectivity index (χ1v) is 11.1. The maximum Gasteiger partial charge on any atom is 0.218 e. The van der Waals surface area contributed by atoms with Gasteiger partial charge in [0.25, 0.3) is 0 Å². The molecule has 1 aliphatic heterocycles. The minimum Gasteiger partial charge on any atom is -0.212 e. The highest BCUT2D eigenvalue weighted by Crippen LogP contribution is 2.36. The quantitative estimate of drug-likeness (QED) is 0.773. The summed E-state index contributed by atoms with van der Waals surface area (Å²) in [5.41, 5.74) is 2.30. The van der Waals surface area contributed by atoms with E-state index in [0.29, 0.717) is 25.3 Å². The van der Waals surface area contributed by atoms with Crippen LogP contribution in [0.3, 0.4) is 0 Å². The van der Waals surface area contributed by atoms with Crippen molar-refractivity contribution in [2.75, 3.05) is 18.8 Å². The summed E-state index contributed by atoms with van der Waals surface area (Å²) in [7, 11) is -3.70. The fraction of sp³-hybridized carbons (Fsp3) is 0.368. The standard InChI is InChI=1S/C19H21F2NO2S2/c1-14-4-2-3-5-17(14)19-8-9-22(10-11-25-19)26(23,24)13-15-12-16(20)6-7-18(15)21/h2-7,12,19H,8-11,13H2,1H3. The fourth-order valence-corrected chi connectivity index (χ4v) is 6.16. The van der Waals surface area contributed by atoms with Gasteiger partial charge in [-0.1, -0.05) is 24.3 Å². The van der Waals surface area contributed by atoms with Crippen molar-refractivity contribution in [1.82, 2.24) is 4.31 Å². The molecule has 0 bridgehead atoms. The van der Waals surface area contributed by atoms with Gasteiger partial charge in [0.1, 0.15) is 11.6 Å². The van der Waals surface area contributed by atoms with Crippen LogP contribution < -0.4 is 0 Å². The third-order valence-electron chi connectivity index (χ3n) is 4.57. The first kappa shape index (κ1) is 19.3. The number of benzene rings is 2. The van der Waals surface area contributed by atoms with Gasteiger partial charge in [0, 0.05) is 29.7 Å². The van der Waals surface area contributed by atoms with Gasteiger partial charge < -0.3 is 0 Å². The number of sulfonamides is 1. The van der Waals surface area contributed by atoms with Gasteiger partial charge in [-0.25, -0.2) is 21.5 Å². The average molecular weight is 398 g/mol. The molecule has 0 aromatic heterocycles. The number of nitrogens with zero attached hydrogens (tertiary/aromatic N) is 1. The van der Waals surface area contributed by atoms with E-state index in [1.807, 2.05) is 12.1 Å². The average Bonchev–Trinajstić information content (AvgIpc) is 2.85. The normalized spacial score (nSPS) is 19.3. The van der Waals surface area contributed by atoms with Gasteiger partial charge in [-0.15, -0.1) is 0 Å². The van der Waals surface area contributed by atoms with E-state index in [-0.39, 0.29) is 10.8 Å². The molecule has 3 nitrogen and oxygen atoms in total. The zero-order valence-corrected chi connectivity index (χ0v) is 16.1. The van der Waals surface area contributed by atoms with E-state index in [2.05, 4.69) is 19.1 Å². The Kier molecular flexibility index (Phi) is 5.99. The molecular weight excluding hydrogens is 376 g/mol. The lowest BCUT2D eigenvalue weighted by Gasteiger charge is -2.20. The molecule has 0 saturated carbocycles. The first-order valence-electron chi connectivity index (χ1n) is 8.46. The Morgan fingerprint density at radius 3 is 2.69 bits per heavy atom. The number of hydrogen-bond donors (Lipinski definition) is 0. The maximum absolute atomic E-state index is 13.8. The lowest BCUT2D eigenvalue weighted by atomic mass is 10.0. The zero-order chi connectivity index (χ0) is 18.7. The SMILES string of the molecule is Cc1ccccc1C1CCN(S(=O)(=O)Cc2cc(F)ccc2F)CCS1.